The molecule has 0 bridgehead atoms. The molecule has 0 aromatic carbocycles. The molecule has 0 spiro atoms. The quantitative estimate of drug-likeness (QED) is 0.0627. The van der Waals surface area contributed by atoms with Crippen molar-refractivity contribution in [1.29, 1.82) is 0 Å². The van der Waals surface area contributed by atoms with E-state index < -0.39 is 168 Å². The largest absolute Gasteiger partial charge is 0.390 e. The lowest BCUT2D eigenvalue weighted by atomic mass is 9.91. The first-order chi connectivity index (χ1) is 43.0. The Kier molecular flexibility index (Phi) is 35.2. The first kappa shape index (κ1) is 84.5. The van der Waals surface area contributed by atoms with Crippen LogP contribution in [0.1, 0.15) is 163 Å². The van der Waals surface area contributed by atoms with Gasteiger partial charge in [-0.05, 0) is 102 Å². The van der Waals surface area contributed by atoms with Gasteiger partial charge < -0.3 is 74.9 Å². The van der Waals surface area contributed by atoms with Crippen molar-refractivity contribution in [3.8, 4) is 0 Å². The maximum absolute atomic E-state index is 15.3. The SMILES string of the molecule is CC=CC[C@@H](C)[C@@H](O)[C@H]1C(=O)N[C@@H](CC)C(=O)N(C)[C@H](COCCC=O)C(=O)N(C)[C@@H](CC(C)(C)OC)C(=O)N[C@@H](C(C)C)C(=O)N(C)[C@@H](CC(C)C)C(=O)N[C@@H](C)C(=O)N[C@H](C)C(=O)N(C)[C@@H](CC(C)C)C(=O)N(C)[C@@H](CC(C)C)C(=O)N(C)[C@@H](C(C)C)C(=O)N1C. The molecule has 11 amide bonds. The van der Waals surface area contributed by atoms with Gasteiger partial charge in [-0.25, -0.2) is 0 Å². The van der Waals surface area contributed by atoms with Crippen LogP contribution in [0.5, 0.6) is 0 Å². The van der Waals surface area contributed by atoms with E-state index in [1.165, 1.54) is 89.9 Å². The number of aliphatic hydroxyl groups is 1. The summed E-state index contributed by atoms with van der Waals surface area (Å²) in [6, 6.07) is -14.8. The third-order valence-corrected chi connectivity index (χ3v) is 17.6. The van der Waals surface area contributed by atoms with Crippen LogP contribution in [0.25, 0.3) is 0 Å². The van der Waals surface area contributed by atoms with Gasteiger partial charge in [0.05, 0.1) is 24.9 Å². The van der Waals surface area contributed by atoms with Crippen molar-refractivity contribution >= 4 is 71.3 Å². The Morgan fingerprint density at radius 1 is 0.516 bits per heavy atom. The summed E-state index contributed by atoms with van der Waals surface area (Å²) >= 11 is 0. The lowest BCUT2D eigenvalue weighted by Crippen LogP contribution is -2.64. The van der Waals surface area contributed by atoms with Gasteiger partial charge in [-0.2, -0.15) is 0 Å². The molecule has 0 aliphatic carbocycles. The number of hydrogen-bond donors (Lipinski definition) is 5. The smallest absolute Gasteiger partial charge is 0.248 e. The van der Waals surface area contributed by atoms with Crippen LogP contribution >= 0.6 is 0 Å². The minimum Gasteiger partial charge on any atom is -0.390 e. The molecule has 0 aromatic rings. The van der Waals surface area contributed by atoms with Crippen molar-refractivity contribution < 1.29 is 72.1 Å². The highest BCUT2D eigenvalue weighted by atomic mass is 16.5. The number of nitrogens with one attached hydrogen (secondary N) is 4. The second-order valence-corrected chi connectivity index (χ2v) is 27.9. The van der Waals surface area contributed by atoms with Crippen molar-refractivity contribution in [3.05, 3.63) is 12.2 Å². The molecule has 1 saturated heterocycles. The molecule has 26 heteroatoms. The van der Waals surface area contributed by atoms with Gasteiger partial charge in [0.25, 0.3) is 0 Å². The molecule has 26 nitrogen and oxygen atoms in total. The fourth-order valence-corrected chi connectivity index (χ4v) is 11.4. The van der Waals surface area contributed by atoms with E-state index in [1.807, 2.05) is 41.5 Å². The minimum absolute atomic E-state index is 0.0698. The third-order valence-electron chi connectivity index (χ3n) is 17.6. The lowest BCUT2D eigenvalue weighted by Gasteiger charge is -2.41. The number of carbonyl (C=O) groups is 12. The van der Waals surface area contributed by atoms with Crippen LogP contribution in [0.2, 0.25) is 0 Å². The normalized spacial score (nSPS) is 26.5. The zero-order valence-corrected chi connectivity index (χ0v) is 60.8. The van der Waals surface area contributed by atoms with Crippen molar-refractivity contribution in [3.63, 3.8) is 0 Å². The fourth-order valence-electron chi connectivity index (χ4n) is 11.4. The number of aliphatic hydroxyl groups excluding tert-OH is 1. The second-order valence-electron chi connectivity index (χ2n) is 27.9. The number of ether oxygens (including phenoxy) is 2. The molecule has 1 aliphatic heterocycles. The Bertz CT molecular complexity index is 2560. The van der Waals surface area contributed by atoms with Crippen LogP contribution in [0.3, 0.4) is 0 Å². The lowest BCUT2D eigenvalue weighted by molar-refractivity contribution is -0.157. The number of likely N-dealkylation sites (N-methyl/N-ethyl adjacent to an activating group) is 7. The van der Waals surface area contributed by atoms with Gasteiger partial charge in [0, 0.05) is 69.3 Å². The predicted octanol–water partition coefficient (Wildman–Crippen LogP) is 3.01. The molecule has 0 aromatic heterocycles. The molecular formula is C67H119N11O15. The monoisotopic (exact) mass is 1320 g/mol. The summed E-state index contributed by atoms with van der Waals surface area (Å²) < 4.78 is 11.6. The van der Waals surface area contributed by atoms with E-state index in [1.54, 1.807) is 74.5 Å². The van der Waals surface area contributed by atoms with Crippen LogP contribution in [0, 0.1) is 35.5 Å². The fraction of sp³-hybridized carbons (Fsp3) is 0.791. The summed E-state index contributed by atoms with van der Waals surface area (Å²) in [4.78, 5) is 183. The zero-order chi connectivity index (χ0) is 72.0. The van der Waals surface area contributed by atoms with Crippen LogP contribution in [0.15, 0.2) is 12.2 Å². The number of rotatable bonds is 21. The standard InChI is InChI=1S/C67H119N11O15/c1-26-28-30-43(13)55(80)54-59(84)70-46(27-2)61(86)76(22)51(37-93-32-29-31-79)64(89)75(21)50(36-67(16,17)92-25)58(83)71-52(41(9)10)65(90)72(18)47(33-38(3)4)57(82)68-44(14)56(81)69-45(15)60(85)73(19)48(34-39(5)6)62(87)74(20)49(35-40(7)8)63(88)77(23)53(42(11)12)66(91)78(54)24/h26,28,31,38-55,80H,27,29-30,32-37H2,1-25H3,(H,68,82)(H,69,81)(H,70,84)(H,71,83)/t43-,44+,45-,46+,47+,48+,49+,50+,51-,52+,53+,54+,55-/m1/s1. The molecule has 5 N–H and O–H groups in total. The summed E-state index contributed by atoms with van der Waals surface area (Å²) in [7, 11) is 11.1. The molecule has 93 heavy (non-hydrogen) atoms. The van der Waals surface area contributed by atoms with Crippen LogP contribution in [-0.2, 0) is 67.0 Å². The van der Waals surface area contributed by atoms with E-state index in [0.717, 1.165) is 14.7 Å². The topological polar surface area (TPSA) is 314 Å². The molecular weight excluding hydrogens is 1200 g/mol. The maximum atomic E-state index is 15.3. The Balaban J connectivity index is 4.58. The van der Waals surface area contributed by atoms with Crippen molar-refractivity contribution in [2.24, 2.45) is 35.5 Å². The Morgan fingerprint density at radius 3 is 1.43 bits per heavy atom. The third kappa shape index (κ3) is 24.0. The predicted molar refractivity (Wildman–Crippen MR) is 355 cm³/mol. The highest BCUT2D eigenvalue weighted by Crippen LogP contribution is 2.27. The molecule has 0 unspecified atom stereocenters. The number of carbonyl (C=O) groups excluding carboxylic acids is 12. The summed E-state index contributed by atoms with van der Waals surface area (Å²) in [5.41, 5.74) is -1.10. The van der Waals surface area contributed by atoms with E-state index in [4.69, 9.17) is 9.47 Å². The molecule has 1 rings (SSSR count). The second kappa shape index (κ2) is 38.7. The Morgan fingerprint density at radius 2 is 0.957 bits per heavy atom. The highest BCUT2D eigenvalue weighted by Gasteiger charge is 2.47. The molecule has 1 heterocycles. The average molecular weight is 1320 g/mol. The van der Waals surface area contributed by atoms with Gasteiger partial charge in [0.1, 0.15) is 72.7 Å². The average Bonchev–Trinajstić information content (AvgIpc) is 0.983. The van der Waals surface area contributed by atoms with Gasteiger partial charge in [0.15, 0.2) is 0 Å². The number of hydrogen-bond acceptors (Lipinski definition) is 15. The van der Waals surface area contributed by atoms with Crippen molar-refractivity contribution in [2.45, 2.75) is 241 Å². The van der Waals surface area contributed by atoms with Crippen molar-refractivity contribution in [1.82, 2.24) is 55.6 Å². The number of nitrogens with zero attached hydrogens (tertiary/aromatic N) is 7. The number of aldehydes is 1. The van der Waals surface area contributed by atoms with Crippen LogP contribution in [-0.4, -0.2) is 258 Å². The summed E-state index contributed by atoms with van der Waals surface area (Å²) in [6.07, 6.45) is 2.91. The van der Waals surface area contributed by atoms with Gasteiger partial charge in [0.2, 0.25) is 65.0 Å². The summed E-state index contributed by atoms with van der Waals surface area (Å²) in [5, 5.41) is 23.2. The molecule has 0 radical (unpaired) electrons. The summed E-state index contributed by atoms with van der Waals surface area (Å²) in [6.45, 7) is 28.5. The summed E-state index contributed by atoms with van der Waals surface area (Å²) in [5.74, 6) is -10.7. The zero-order valence-electron chi connectivity index (χ0n) is 60.8. The number of amides is 11. The van der Waals surface area contributed by atoms with Gasteiger partial charge in [-0.15, -0.1) is 0 Å². The van der Waals surface area contributed by atoms with Crippen LogP contribution in [0.4, 0.5) is 0 Å². The number of methoxy groups -OCH3 is 1. The number of allylic oxidation sites excluding steroid dienone is 2. The molecule has 0 saturated carbocycles. The van der Waals surface area contributed by atoms with Gasteiger partial charge >= 0.3 is 0 Å². The van der Waals surface area contributed by atoms with E-state index in [0.29, 0.717) is 6.29 Å². The minimum atomic E-state index is -1.69. The van der Waals surface area contributed by atoms with Crippen LogP contribution < -0.4 is 21.3 Å². The Labute approximate surface area is 555 Å². The van der Waals surface area contributed by atoms with E-state index in [-0.39, 0.29) is 69.3 Å². The van der Waals surface area contributed by atoms with E-state index in [9.17, 15) is 29.1 Å². The molecule has 532 valence electrons. The first-order valence-corrected chi connectivity index (χ1v) is 33.0. The van der Waals surface area contributed by atoms with Crippen molar-refractivity contribution in [2.75, 3.05) is 69.7 Å². The molecule has 1 fully saturated rings. The Hall–Kier alpha value is -6.54. The van der Waals surface area contributed by atoms with E-state index in [2.05, 4.69) is 21.3 Å². The van der Waals surface area contributed by atoms with Gasteiger partial charge in [-0.3, -0.25) is 52.7 Å². The van der Waals surface area contributed by atoms with E-state index >= 15 is 33.6 Å². The molecule has 1 aliphatic rings. The maximum Gasteiger partial charge on any atom is 0.248 e. The first-order valence-electron chi connectivity index (χ1n) is 33.0. The molecule has 13 atom stereocenters. The highest BCUT2D eigenvalue weighted by molar-refractivity contribution is 6.00. The van der Waals surface area contributed by atoms with Gasteiger partial charge in [-0.1, -0.05) is 95.2 Å².